The Kier molecular flexibility index (Phi) is 10.2. The molecule has 0 spiro atoms. The zero-order chi connectivity index (χ0) is 23.3. The molecular formula is C26H34N2O5. The summed E-state index contributed by atoms with van der Waals surface area (Å²) < 4.78 is 17.0. The highest BCUT2D eigenvalue weighted by molar-refractivity contribution is 6.37. The summed E-state index contributed by atoms with van der Waals surface area (Å²) in [6, 6.07) is 13.7. The molecular weight excluding hydrogens is 420 g/mol. The van der Waals surface area contributed by atoms with Gasteiger partial charge in [0.1, 0.15) is 6.10 Å². The smallest absolute Gasteiger partial charge is 0.397 e. The molecule has 1 fully saturated rings. The molecule has 1 aliphatic rings. The van der Waals surface area contributed by atoms with Crippen LogP contribution in [0.15, 0.2) is 48.7 Å². The molecule has 0 aliphatic heterocycles. The average Bonchev–Trinajstić information content (AvgIpc) is 2.84. The third kappa shape index (κ3) is 8.85. The maximum absolute atomic E-state index is 11.7. The summed E-state index contributed by atoms with van der Waals surface area (Å²) >= 11 is 0. The normalized spacial score (nSPS) is 19.3. The van der Waals surface area contributed by atoms with E-state index in [1.165, 1.54) is 11.8 Å². The van der Waals surface area contributed by atoms with E-state index in [0.29, 0.717) is 24.3 Å². The van der Waals surface area contributed by atoms with E-state index in [1.807, 2.05) is 18.2 Å². The molecule has 0 atom stereocenters. The number of hydrogen-bond acceptors (Lipinski definition) is 6. The number of anilines is 1. The predicted molar refractivity (Wildman–Crippen MR) is 126 cm³/mol. The quantitative estimate of drug-likeness (QED) is 0.465. The molecule has 0 saturated heterocycles. The maximum Gasteiger partial charge on any atom is 0.397 e. The number of amides is 1. The number of ether oxygens (including phenoxy) is 3. The molecule has 0 bridgehead atoms. The van der Waals surface area contributed by atoms with Crippen molar-refractivity contribution in [3.8, 4) is 5.88 Å². The number of carbonyl (C=O) groups is 2. The standard InChI is InChI=1S/C26H34N2O5/c1-2-31-26(30)25(29)28-21-16-17-24(27-18-21)33-23-14-8-6-12-22(13-7-9-15-23)32-19-20-10-4-3-5-11-20/h3-5,10-11,16-18,22-23H,2,6-9,12-15,19H2,1H3,(H,28,29). The number of hydrogen-bond donors (Lipinski definition) is 1. The Bertz CT molecular complexity index is 845. The molecule has 7 nitrogen and oxygen atoms in total. The van der Waals surface area contributed by atoms with Gasteiger partial charge in [-0.25, -0.2) is 9.78 Å². The summed E-state index contributed by atoms with van der Waals surface area (Å²) in [6.07, 6.45) is 10.5. The first kappa shape index (κ1) is 24.7. The van der Waals surface area contributed by atoms with Crippen molar-refractivity contribution in [2.24, 2.45) is 0 Å². The third-order valence-electron chi connectivity index (χ3n) is 5.68. The second kappa shape index (κ2) is 13.6. The molecule has 1 aliphatic carbocycles. The van der Waals surface area contributed by atoms with Crippen molar-refractivity contribution >= 4 is 17.6 Å². The Hall–Kier alpha value is -2.93. The van der Waals surface area contributed by atoms with Gasteiger partial charge in [0.25, 0.3) is 0 Å². The fourth-order valence-corrected chi connectivity index (χ4v) is 3.92. The van der Waals surface area contributed by atoms with Crippen LogP contribution in [0.1, 0.15) is 63.9 Å². The monoisotopic (exact) mass is 454 g/mol. The summed E-state index contributed by atoms with van der Waals surface area (Å²) in [5.41, 5.74) is 1.65. The second-order valence-electron chi connectivity index (χ2n) is 8.29. The number of aromatic nitrogens is 1. The minimum absolute atomic E-state index is 0.124. The lowest BCUT2D eigenvalue weighted by Gasteiger charge is -2.23. The summed E-state index contributed by atoms with van der Waals surface area (Å²) in [5, 5.41) is 2.47. The lowest BCUT2D eigenvalue weighted by atomic mass is 9.97. The summed E-state index contributed by atoms with van der Waals surface area (Å²) in [5.74, 6) is -1.20. The van der Waals surface area contributed by atoms with Gasteiger partial charge in [-0.3, -0.25) is 4.79 Å². The molecule has 1 heterocycles. The number of nitrogens with one attached hydrogen (secondary N) is 1. The van der Waals surface area contributed by atoms with Crippen molar-refractivity contribution in [1.29, 1.82) is 0 Å². The second-order valence-corrected chi connectivity index (χ2v) is 8.29. The lowest BCUT2D eigenvalue weighted by molar-refractivity contribution is -0.152. The molecule has 1 amide bonds. The van der Waals surface area contributed by atoms with Crippen LogP contribution < -0.4 is 10.1 Å². The molecule has 1 saturated carbocycles. The Balaban J connectivity index is 1.42. The van der Waals surface area contributed by atoms with Crippen molar-refractivity contribution in [1.82, 2.24) is 4.98 Å². The molecule has 2 aromatic rings. The minimum Gasteiger partial charge on any atom is -0.474 e. The topological polar surface area (TPSA) is 86.8 Å². The van der Waals surface area contributed by atoms with E-state index in [4.69, 9.17) is 9.47 Å². The molecule has 1 aromatic heterocycles. The third-order valence-corrected chi connectivity index (χ3v) is 5.68. The first-order valence-electron chi connectivity index (χ1n) is 11.9. The van der Waals surface area contributed by atoms with E-state index in [2.05, 4.69) is 27.2 Å². The molecule has 178 valence electrons. The number of pyridine rings is 1. The van der Waals surface area contributed by atoms with Crippen LogP contribution in [-0.4, -0.2) is 35.7 Å². The summed E-state index contributed by atoms with van der Waals surface area (Å²) in [7, 11) is 0. The number of esters is 1. The Labute approximate surface area is 195 Å². The highest BCUT2D eigenvalue weighted by atomic mass is 16.5. The molecule has 1 aromatic carbocycles. The van der Waals surface area contributed by atoms with Gasteiger partial charge in [0.2, 0.25) is 5.88 Å². The van der Waals surface area contributed by atoms with Crippen LogP contribution in [-0.2, 0) is 25.7 Å². The van der Waals surface area contributed by atoms with E-state index in [9.17, 15) is 9.59 Å². The van der Waals surface area contributed by atoms with Crippen LogP contribution in [0.2, 0.25) is 0 Å². The lowest BCUT2D eigenvalue weighted by Crippen LogP contribution is -2.25. The summed E-state index contributed by atoms with van der Waals surface area (Å²) in [4.78, 5) is 27.4. The van der Waals surface area contributed by atoms with Gasteiger partial charge in [-0.2, -0.15) is 0 Å². The van der Waals surface area contributed by atoms with Crippen molar-refractivity contribution in [3.05, 3.63) is 54.2 Å². The Morgan fingerprint density at radius 2 is 1.61 bits per heavy atom. The summed E-state index contributed by atoms with van der Waals surface area (Å²) in [6.45, 7) is 2.48. The maximum atomic E-state index is 11.7. The first-order valence-corrected chi connectivity index (χ1v) is 11.9. The highest BCUT2D eigenvalue weighted by Gasteiger charge is 2.17. The van der Waals surface area contributed by atoms with E-state index in [1.54, 1.807) is 19.1 Å². The van der Waals surface area contributed by atoms with Crippen LogP contribution in [0.3, 0.4) is 0 Å². The van der Waals surface area contributed by atoms with Gasteiger partial charge in [0.05, 0.1) is 31.2 Å². The zero-order valence-corrected chi connectivity index (χ0v) is 19.3. The number of nitrogens with zero attached hydrogens (tertiary/aromatic N) is 1. The fourth-order valence-electron chi connectivity index (χ4n) is 3.92. The fraction of sp³-hybridized carbons (Fsp3) is 0.500. The van der Waals surface area contributed by atoms with Gasteiger partial charge in [-0.05, 0) is 57.1 Å². The molecule has 1 N–H and O–H groups in total. The average molecular weight is 455 g/mol. The van der Waals surface area contributed by atoms with Crippen LogP contribution in [0.25, 0.3) is 0 Å². The van der Waals surface area contributed by atoms with Crippen molar-refractivity contribution in [2.45, 2.75) is 77.1 Å². The number of carbonyl (C=O) groups excluding carboxylic acids is 2. The first-order chi connectivity index (χ1) is 16.1. The molecule has 0 radical (unpaired) electrons. The van der Waals surface area contributed by atoms with E-state index < -0.39 is 11.9 Å². The highest BCUT2D eigenvalue weighted by Crippen LogP contribution is 2.23. The number of benzene rings is 1. The number of rotatable bonds is 7. The predicted octanol–water partition coefficient (Wildman–Crippen LogP) is 5.05. The molecule has 0 unspecified atom stereocenters. The van der Waals surface area contributed by atoms with Crippen LogP contribution >= 0.6 is 0 Å². The van der Waals surface area contributed by atoms with Gasteiger partial charge in [-0.1, -0.05) is 43.2 Å². The largest absolute Gasteiger partial charge is 0.474 e. The Morgan fingerprint density at radius 1 is 0.939 bits per heavy atom. The Morgan fingerprint density at radius 3 is 2.21 bits per heavy atom. The molecule has 3 rings (SSSR count). The van der Waals surface area contributed by atoms with Crippen LogP contribution in [0.5, 0.6) is 5.88 Å². The minimum atomic E-state index is -0.910. The van der Waals surface area contributed by atoms with Crippen LogP contribution in [0.4, 0.5) is 5.69 Å². The zero-order valence-electron chi connectivity index (χ0n) is 19.3. The van der Waals surface area contributed by atoms with Crippen molar-refractivity contribution in [2.75, 3.05) is 11.9 Å². The molecule has 7 heteroatoms. The van der Waals surface area contributed by atoms with Crippen molar-refractivity contribution < 1.29 is 23.8 Å². The van der Waals surface area contributed by atoms with Gasteiger partial charge < -0.3 is 19.5 Å². The van der Waals surface area contributed by atoms with E-state index >= 15 is 0 Å². The molecule has 33 heavy (non-hydrogen) atoms. The van der Waals surface area contributed by atoms with Crippen molar-refractivity contribution in [3.63, 3.8) is 0 Å². The van der Waals surface area contributed by atoms with Gasteiger partial charge in [0.15, 0.2) is 0 Å². The van der Waals surface area contributed by atoms with E-state index in [-0.39, 0.29) is 12.7 Å². The van der Waals surface area contributed by atoms with Crippen LogP contribution in [0, 0.1) is 0 Å². The van der Waals surface area contributed by atoms with Gasteiger partial charge in [-0.15, -0.1) is 0 Å². The SMILES string of the molecule is CCOC(=O)C(=O)Nc1ccc(OC2CCCCC(OCc3ccccc3)CCCC2)nc1. The van der Waals surface area contributed by atoms with E-state index in [0.717, 1.165) is 51.4 Å². The van der Waals surface area contributed by atoms with Gasteiger partial charge in [0, 0.05) is 6.07 Å². The van der Waals surface area contributed by atoms with Gasteiger partial charge >= 0.3 is 11.9 Å².